The smallest absolute Gasteiger partial charge is 0.337 e. The third kappa shape index (κ3) is 4.43. The largest absolute Gasteiger partial charge is 0.465 e. The summed E-state index contributed by atoms with van der Waals surface area (Å²) >= 11 is 0. The second-order valence-corrected chi connectivity index (χ2v) is 5.60. The molecule has 0 aliphatic carbocycles. The quantitative estimate of drug-likeness (QED) is 0.825. The Labute approximate surface area is 132 Å². The van der Waals surface area contributed by atoms with Crippen molar-refractivity contribution < 1.29 is 9.53 Å². The molecule has 0 aliphatic rings. The molecule has 3 heteroatoms. The van der Waals surface area contributed by atoms with E-state index in [9.17, 15) is 4.79 Å². The van der Waals surface area contributed by atoms with Gasteiger partial charge in [-0.15, -0.1) is 0 Å². The molecule has 2 rings (SSSR count). The molecule has 116 valence electrons. The van der Waals surface area contributed by atoms with Crippen LogP contribution in [0.4, 0.5) is 0 Å². The van der Waals surface area contributed by atoms with E-state index in [2.05, 4.69) is 43.4 Å². The van der Waals surface area contributed by atoms with Crippen LogP contribution >= 0.6 is 0 Å². The van der Waals surface area contributed by atoms with Gasteiger partial charge >= 0.3 is 5.97 Å². The molecule has 0 amide bonds. The Kier molecular flexibility index (Phi) is 5.73. The number of carbonyl (C=O) groups is 1. The maximum atomic E-state index is 11.6. The third-order valence-electron chi connectivity index (χ3n) is 3.72. The van der Waals surface area contributed by atoms with Gasteiger partial charge in [-0.25, -0.2) is 4.79 Å². The highest BCUT2D eigenvalue weighted by atomic mass is 16.5. The predicted molar refractivity (Wildman–Crippen MR) is 88.9 cm³/mol. The lowest BCUT2D eigenvalue weighted by Crippen LogP contribution is -2.30. The Morgan fingerprint density at radius 1 is 1.09 bits per heavy atom. The summed E-state index contributed by atoms with van der Waals surface area (Å²) in [4.78, 5) is 11.6. The molecular formula is C19H23NO2. The van der Waals surface area contributed by atoms with Crippen molar-refractivity contribution in [3.63, 3.8) is 0 Å². The van der Waals surface area contributed by atoms with Crippen LogP contribution in [0.2, 0.25) is 0 Å². The number of nitrogens with one attached hydrogen (secondary N) is 1. The summed E-state index contributed by atoms with van der Waals surface area (Å²) in [6, 6.07) is 18.6. The summed E-state index contributed by atoms with van der Waals surface area (Å²) in [5.41, 5.74) is 3.00. The fourth-order valence-electron chi connectivity index (χ4n) is 2.62. The minimum absolute atomic E-state index is 0.292. The minimum atomic E-state index is -0.292. The average Bonchev–Trinajstić information content (AvgIpc) is 2.55. The Balaban J connectivity index is 1.97. The van der Waals surface area contributed by atoms with Crippen molar-refractivity contribution in [1.29, 1.82) is 0 Å². The van der Waals surface area contributed by atoms with Crippen LogP contribution in [-0.4, -0.2) is 19.1 Å². The van der Waals surface area contributed by atoms with Gasteiger partial charge in [0.05, 0.1) is 12.7 Å². The molecule has 22 heavy (non-hydrogen) atoms. The van der Waals surface area contributed by atoms with Crippen LogP contribution in [0, 0.1) is 0 Å². The highest BCUT2D eigenvalue weighted by Gasteiger charge is 2.11. The van der Waals surface area contributed by atoms with E-state index in [-0.39, 0.29) is 5.97 Å². The number of rotatable bonds is 6. The molecule has 0 unspecified atom stereocenters. The number of methoxy groups -OCH3 is 1. The molecule has 0 saturated heterocycles. The molecule has 0 fully saturated rings. The van der Waals surface area contributed by atoms with Crippen molar-refractivity contribution in [1.82, 2.24) is 5.32 Å². The number of hydrogen-bond donors (Lipinski definition) is 1. The molecule has 2 atom stereocenters. The molecule has 2 aromatic carbocycles. The maximum Gasteiger partial charge on any atom is 0.337 e. The summed E-state index contributed by atoms with van der Waals surface area (Å²) < 4.78 is 4.76. The Morgan fingerprint density at radius 3 is 2.50 bits per heavy atom. The highest BCUT2D eigenvalue weighted by Crippen LogP contribution is 2.14. The second-order valence-electron chi connectivity index (χ2n) is 5.60. The van der Waals surface area contributed by atoms with Crippen LogP contribution in [0.5, 0.6) is 0 Å². The van der Waals surface area contributed by atoms with Gasteiger partial charge in [0.15, 0.2) is 0 Å². The molecule has 0 aromatic heterocycles. The van der Waals surface area contributed by atoms with Gasteiger partial charge in [-0.3, -0.25) is 0 Å². The van der Waals surface area contributed by atoms with Crippen molar-refractivity contribution in [3.05, 3.63) is 71.3 Å². The van der Waals surface area contributed by atoms with Gasteiger partial charge in [0.1, 0.15) is 0 Å². The molecule has 0 aliphatic heterocycles. The van der Waals surface area contributed by atoms with Gasteiger partial charge in [-0.05, 0) is 43.5 Å². The molecule has 1 N–H and O–H groups in total. The zero-order valence-corrected chi connectivity index (χ0v) is 13.4. The summed E-state index contributed by atoms with van der Waals surface area (Å²) in [5.74, 6) is -0.292. The standard InChI is InChI=1S/C19H23NO2/c1-14(20-15(2)17-9-5-4-6-10-17)12-16-8-7-11-18(13-16)19(21)22-3/h4-11,13-15,20H,12H2,1-3H3/t14-,15-/m1/s1. The summed E-state index contributed by atoms with van der Waals surface area (Å²) in [6.45, 7) is 4.32. The lowest BCUT2D eigenvalue weighted by Gasteiger charge is -2.20. The molecule has 0 saturated carbocycles. The number of benzene rings is 2. The first-order chi connectivity index (χ1) is 10.6. The zero-order chi connectivity index (χ0) is 15.9. The summed E-state index contributed by atoms with van der Waals surface area (Å²) in [5, 5.41) is 3.59. The van der Waals surface area contributed by atoms with E-state index in [0.29, 0.717) is 17.6 Å². The predicted octanol–water partition coefficient (Wildman–Crippen LogP) is 3.76. The van der Waals surface area contributed by atoms with Crippen molar-refractivity contribution in [2.45, 2.75) is 32.4 Å². The van der Waals surface area contributed by atoms with E-state index >= 15 is 0 Å². The lowest BCUT2D eigenvalue weighted by molar-refractivity contribution is 0.0600. The molecule has 2 aromatic rings. The SMILES string of the molecule is COC(=O)c1cccc(C[C@@H](C)N[C@H](C)c2ccccc2)c1. The topological polar surface area (TPSA) is 38.3 Å². The van der Waals surface area contributed by atoms with Gasteiger partial charge < -0.3 is 10.1 Å². The van der Waals surface area contributed by atoms with Gasteiger partial charge in [0.2, 0.25) is 0 Å². The molecule has 0 bridgehead atoms. The van der Waals surface area contributed by atoms with E-state index in [1.165, 1.54) is 12.7 Å². The first kappa shape index (κ1) is 16.2. The fourth-order valence-corrected chi connectivity index (χ4v) is 2.62. The van der Waals surface area contributed by atoms with Crippen molar-refractivity contribution in [2.24, 2.45) is 0 Å². The molecular weight excluding hydrogens is 274 g/mol. The minimum Gasteiger partial charge on any atom is -0.465 e. The number of carbonyl (C=O) groups excluding carboxylic acids is 1. The van der Waals surface area contributed by atoms with Gasteiger partial charge in [-0.2, -0.15) is 0 Å². The third-order valence-corrected chi connectivity index (χ3v) is 3.72. The molecule has 0 radical (unpaired) electrons. The lowest BCUT2D eigenvalue weighted by atomic mass is 10.0. The highest BCUT2D eigenvalue weighted by molar-refractivity contribution is 5.89. The average molecular weight is 297 g/mol. The first-order valence-electron chi connectivity index (χ1n) is 7.58. The summed E-state index contributed by atoms with van der Waals surface area (Å²) in [6.07, 6.45) is 0.863. The molecule has 0 spiro atoms. The Hall–Kier alpha value is -2.13. The van der Waals surface area contributed by atoms with E-state index in [4.69, 9.17) is 4.74 Å². The van der Waals surface area contributed by atoms with Crippen LogP contribution in [0.25, 0.3) is 0 Å². The van der Waals surface area contributed by atoms with Gasteiger partial charge in [0, 0.05) is 12.1 Å². The van der Waals surface area contributed by atoms with E-state index in [1.807, 2.05) is 24.3 Å². The molecule has 3 nitrogen and oxygen atoms in total. The van der Waals surface area contributed by atoms with Crippen molar-refractivity contribution in [2.75, 3.05) is 7.11 Å². The molecule has 0 heterocycles. The van der Waals surface area contributed by atoms with E-state index in [1.54, 1.807) is 6.07 Å². The normalized spacial score (nSPS) is 13.4. The van der Waals surface area contributed by atoms with Crippen LogP contribution in [0.1, 0.15) is 41.4 Å². The Bertz CT molecular complexity index is 610. The Morgan fingerprint density at radius 2 is 1.82 bits per heavy atom. The second kappa shape index (κ2) is 7.76. The van der Waals surface area contributed by atoms with Crippen LogP contribution in [0.15, 0.2) is 54.6 Å². The van der Waals surface area contributed by atoms with Crippen LogP contribution < -0.4 is 5.32 Å². The zero-order valence-electron chi connectivity index (χ0n) is 13.4. The summed E-state index contributed by atoms with van der Waals surface area (Å²) in [7, 11) is 1.40. The number of esters is 1. The van der Waals surface area contributed by atoms with Crippen LogP contribution in [-0.2, 0) is 11.2 Å². The monoisotopic (exact) mass is 297 g/mol. The first-order valence-corrected chi connectivity index (χ1v) is 7.58. The maximum absolute atomic E-state index is 11.6. The van der Waals surface area contributed by atoms with E-state index in [0.717, 1.165) is 12.0 Å². The fraction of sp³-hybridized carbons (Fsp3) is 0.316. The van der Waals surface area contributed by atoms with Gasteiger partial charge in [0.25, 0.3) is 0 Å². The van der Waals surface area contributed by atoms with Crippen molar-refractivity contribution >= 4 is 5.97 Å². The van der Waals surface area contributed by atoms with E-state index < -0.39 is 0 Å². The van der Waals surface area contributed by atoms with Crippen LogP contribution in [0.3, 0.4) is 0 Å². The van der Waals surface area contributed by atoms with Crippen molar-refractivity contribution in [3.8, 4) is 0 Å². The number of ether oxygens (including phenoxy) is 1. The number of hydrogen-bond acceptors (Lipinski definition) is 3. The van der Waals surface area contributed by atoms with Gasteiger partial charge in [-0.1, -0.05) is 42.5 Å².